The Morgan fingerprint density at radius 2 is 2.08 bits per heavy atom. The van der Waals surface area contributed by atoms with Gasteiger partial charge in [-0.25, -0.2) is 4.98 Å². The first-order valence-electron chi connectivity index (χ1n) is 7.34. The maximum absolute atomic E-state index is 12.1. The Labute approximate surface area is 162 Å². The highest BCUT2D eigenvalue weighted by atomic mass is 35.5. The van der Waals surface area contributed by atoms with Crippen molar-refractivity contribution < 1.29 is 4.79 Å². The molecule has 3 rings (SSSR count). The van der Waals surface area contributed by atoms with Gasteiger partial charge in [0, 0.05) is 23.1 Å². The lowest BCUT2D eigenvalue weighted by Crippen LogP contribution is -2.14. The minimum absolute atomic E-state index is 0.139. The Morgan fingerprint density at radius 3 is 2.84 bits per heavy atom. The molecule has 1 N–H and O–H groups in total. The number of thioether (sulfide) groups is 2. The summed E-state index contributed by atoms with van der Waals surface area (Å²) in [5, 5.41) is 12.7. The van der Waals surface area contributed by atoms with E-state index in [0.29, 0.717) is 10.2 Å². The van der Waals surface area contributed by atoms with E-state index in [1.807, 2.05) is 42.0 Å². The Hall–Kier alpha value is -1.55. The zero-order valence-electron chi connectivity index (χ0n) is 13.2. The molecule has 0 atom stereocenters. The molecule has 1 aromatic carbocycles. The van der Waals surface area contributed by atoms with E-state index in [2.05, 4.69) is 20.5 Å². The molecule has 0 saturated carbocycles. The second-order valence-electron chi connectivity index (χ2n) is 4.70. The van der Waals surface area contributed by atoms with Crippen molar-refractivity contribution in [3.8, 4) is 5.69 Å². The monoisotopic (exact) mass is 411 g/mol. The summed E-state index contributed by atoms with van der Waals surface area (Å²) in [5.74, 6) is 1.02. The summed E-state index contributed by atoms with van der Waals surface area (Å²) in [4.78, 5) is 16.4. The number of imidazole rings is 1. The molecular weight excluding hydrogens is 398 g/mol. The number of hydrogen-bond acceptors (Lipinski definition) is 7. The van der Waals surface area contributed by atoms with Gasteiger partial charge in [-0.1, -0.05) is 53.4 Å². The Kier molecular flexibility index (Phi) is 6.35. The number of rotatable bonds is 7. The van der Waals surface area contributed by atoms with Gasteiger partial charge in [0.1, 0.15) is 0 Å². The summed E-state index contributed by atoms with van der Waals surface area (Å²) in [7, 11) is 0. The molecular formula is C15H14ClN5OS3. The number of anilines is 1. The van der Waals surface area contributed by atoms with Gasteiger partial charge >= 0.3 is 0 Å². The minimum Gasteiger partial charge on any atom is -0.300 e. The van der Waals surface area contributed by atoms with Crippen LogP contribution in [0, 0.1) is 0 Å². The fourth-order valence-electron chi connectivity index (χ4n) is 1.92. The first kappa shape index (κ1) is 18.2. The van der Waals surface area contributed by atoms with E-state index in [0.717, 1.165) is 20.9 Å². The molecule has 0 unspecified atom stereocenters. The van der Waals surface area contributed by atoms with E-state index in [4.69, 9.17) is 11.6 Å². The third-order valence-electron chi connectivity index (χ3n) is 2.96. The van der Waals surface area contributed by atoms with Crippen molar-refractivity contribution >= 4 is 57.5 Å². The molecule has 2 heterocycles. The van der Waals surface area contributed by atoms with Gasteiger partial charge in [0.15, 0.2) is 9.50 Å². The molecule has 2 aromatic heterocycles. The smallest absolute Gasteiger partial charge is 0.236 e. The molecule has 6 nitrogen and oxygen atoms in total. The van der Waals surface area contributed by atoms with Gasteiger partial charge < -0.3 is 0 Å². The number of benzene rings is 1. The molecule has 0 fully saturated rings. The summed E-state index contributed by atoms with van der Waals surface area (Å²) in [5.41, 5.74) is 0.940. The van der Waals surface area contributed by atoms with Crippen molar-refractivity contribution in [3.05, 3.63) is 41.7 Å². The Bertz CT molecular complexity index is 849. The molecule has 0 saturated heterocycles. The Morgan fingerprint density at radius 1 is 1.28 bits per heavy atom. The van der Waals surface area contributed by atoms with Crippen LogP contribution in [0.5, 0.6) is 0 Å². The van der Waals surface area contributed by atoms with Crippen LogP contribution in [0.2, 0.25) is 5.02 Å². The van der Waals surface area contributed by atoms with Crippen molar-refractivity contribution in [1.82, 2.24) is 19.7 Å². The summed E-state index contributed by atoms with van der Waals surface area (Å²) >= 11 is 10.3. The normalized spacial score (nSPS) is 10.8. The lowest BCUT2D eigenvalue weighted by atomic mass is 10.3. The van der Waals surface area contributed by atoms with Gasteiger partial charge in [-0.3, -0.25) is 14.7 Å². The van der Waals surface area contributed by atoms with E-state index in [-0.39, 0.29) is 11.7 Å². The van der Waals surface area contributed by atoms with Gasteiger partial charge in [0.05, 0.1) is 5.75 Å². The Balaban J connectivity index is 1.59. The molecule has 0 aliphatic heterocycles. The number of aromatic nitrogens is 4. The minimum atomic E-state index is -0.139. The number of nitrogens with one attached hydrogen (secondary N) is 1. The standard InChI is InChI=1S/C15H14ClN5OS3/c1-2-23-15-20-19-13(25-15)18-12(22)9-24-14-17-7-8-21(14)11-5-3-10(16)4-6-11/h3-8H,2,9H2,1H3,(H,18,19,22). The largest absolute Gasteiger partial charge is 0.300 e. The number of carbonyl (C=O) groups is 1. The molecule has 0 spiro atoms. The SMILES string of the molecule is CCSc1nnc(NC(=O)CSc2nccn2-c2ccc(Cl)cc2)s1. The average molecular weight is 412 g/mol. The predicted molar refractivity (Wildman–Crippen MR) is 104 cm³/mol. The fourth-order valence-corrected chi connectivity index (χ4v) is 4.49. The van der Waals surface area contributed by atoms with Crippen molar-refractivity contribution in [2.24, 2.45) is 0 Å². The van der Waals surface area contributed by atoms with Crippen LogP contribution in [-0.4, -0.2) is 37.2 Å². The number of carbonyl (C=O) groups excluding carboxylic acids is 1. The second kappa shape index (κ2) is 8.70. The highest BCUT2D eigenvalue weighted by molar-refractivity contribution is 8.01. The third-order valence-corrected chi connectivity index (χ3v) is 6.04. The lowest BCUT2D eigenvalue weighted by Gasteiger charge is -2.07. The fraction of sp³-hybridized carbons (Fsp3) is 0.200. The van der Waals surface area contributed by atoms with Crippen molar-refractivity contribution in [2.75, 3.05) is 16.8 Å². The summed E-state index contributed by atoms with van der Waals surface area (Å²) < 4.78 is 2.76. The van der Waals surface area contributed by atoms with E-state index < -0.39 is 0 Å². The molecule has 25 heavy (non-hydrogen) atoms. The van der Waals surface area contributed by atoms with Crippen molar-refractivity contribution in [3.63, 3.8) is 0 Å². The lowest BCUT2D eigenvalue weighted by molar-refractivity contribution is -0.113. The first-order chi connectivity index (χ1) is 12.2. The number of amides is 1. The van der Waals surface area contributed by atoms with Crippen molar-refractivity contribution in [1.29, 1.82) is 0 Å². The maximum atomic E-state index is 12.1. The second-order valence-corrected chi connectivity index (χ2v) is 8.57. The maximum Gasteiger partial charge on any atom is 0.236 e. The van der Waals surface area contributed by atoms with Crippen LogP contribution in [0.15, 0.2) is 46.2 Å². The first-order valence-corrected chi connectivity index (χ1v) is 10.5. The quantitative estimate of drug-likeness (QED) is 0.463. The van der Waals surface area contributed by atoms with Crippen LogP contribution >= 0.6 is 46.5 Å². The summed E-state index contributed by atoms with van der Waals surface area (Å²) in [6.45, 7) is 2.05. The molecule has 130 valence electrons. The highest BCUT2D eigenvalue weighted by Crippen LogP contribution is 2.26. The summed E-state index contributed by atoms with van der Waals surface area (Å²) in [6.07, 6.45) is 3.55. The van der Waals surface area contributed by atoms with Crippen LogP contribution in [-0.2, 0) is 4.79 Å². The molecule has 0 bridgehead atoms. The highest BCUT2D eigenvalue weighted by Gasteiger charge is 2.11. The van der Waals surface area contributed by atoms with Gasteiger partial charge in [-0.15, -0.1) is 10.2 Å². The number of hydrogen-bond donors (Lipinski definition) is 1. The third kappa shape index (κ3) is 4.97. The van der Waals surface area contributed by atoms with Crippen LogP contribution in [0.4, 0.5) is 5.13 Å². The van der Waals surface area contributed by atoms with Gasteiger partial charge in [0.25, 0.3) is 0 Å². The summed E-state index contributed by atoms with van der Waals surface area (Å²) in [6, 6.07) is 7.45. The number of halogens is 1. The van der Waals surface area contributed by atoms with Crippen LogP contribution in [0.25, 0.3) is 5.69 Å². The predicted octanol–water partition coefficient (Wildman–Crippen LogP) is 4.22. The molecule has 0 aliphatic rings. The van der Waals surface area contributed by atoms with Crippen molar-refractivity contribution in [2.45, 2.75) is 16.4 Å². The molecule has 10 heteroatoms. The van der Waals surface area contributed by atoms with Crippen LogP contribution in [0.1, 0.15) is 6.92 Å². The molecule has 0 aliphatic carbocycles. The molecule has 0 radical (unpaired) electrons. The van der Waals surface area contributed by atoms with E-state index in [9.17, 15) is 4.79 Å². The van der Waals surface area contributed by atoms with Gasteiger partial charge in [-0.2, -0.15) is 0 Å². The van der Waals surface area contributed by atoms with Crippen LogP contribution in [0.3, 0.4) is 0 Å². The van der Waals surface area contributed by atoms with E-state index >= 15 is 0 Å². The van der Waals surface area contributed by atoms with E-state index in [1.165, 1.54) is 23.1 Å². The topological polar surface area (TPSA) is 72.7 Å². The zero-order chi connectivity index (χ0) is 17.6. The molecule has 1 amide bonds. The van der Waals surface area contributed by atoms with Gasteiger partial charge in [0.2, 0.25) is 11.0 Å². The van der Waals surface area contributed by atoms with E-state index in [1.54, 1.807) is 18.0 Å². The number of nitrogens with zero attached hydrogens (tertiary/aromatic N) is 4. The van der Waals surface area contributed by atoms with Crippen LogP contribution < -0.4 is 5.32 Å². The zero-order valence-corrected chi connectivity index (χ0v) is 16.4. The van der Waals surface area contributed by atoms with Gasteiger partial charge in [-0.05, 0) is 30.0 Å². The molecule has 3 aromatic rings. The average Bonchev–Trinajstić information content (AvgIpc) is 3.23.